The molecule has 21 heavy (non-hydrogen) atoms. The summed E-state index contributed by atoms with van der Waals surface area (Å²) < 4.78 is 1.58. The van der Waals surface area contributed by atoms with Gasteiger partial charge in [0, 0.05) is 11.4 Å². The van der Waals surface area contributed by atoms with E-state index < -0.39 is 17.9 Å². The molecule has 2 N–H and O–H groups in total. The summed E-state index contributed by atoms with van der Waals surface area (Å²) in [5.74, 6) is -1.51. The summed E-state index contributed by atoms with van der Waals surface area (Å²) in [4.78, 5) is 24.3. The first kappa shape index (κ1) is 15.2. The van der Waals surface area contributed by atoms with Gasteiger partial charge in [0.2, 0.25) is 0 Å². The Morgan fingerprint density at radius 1 is 1.48 bits per heavy atom. The predicted molar refractivity (Wildman–Crippen MR) is 79.4 cm³/mol. The molecule has 2 aromatic rings. The summed E-state index contributed by atoms with van der Waals surface area (Å²) in [6.45, 7) is 4.40. The second-order valence-electron chi connectivity index (χ2n) is 4.45. The largest absolute Gasteiger partial charge is 0.479 e. The minimum atomic E-state index is -1.08. The van der Waals surface area contributed by atoms with Gasteiger partial charge >= 0.3 is 5.97 Å². The molecular formula is C14H17N3O3S. The van der Waals surface area contributed by atoms with Crippen molar-refractivity contribution in [1.82, 2.24) is 15.1 Å². The number of nitrogens with one attached hydrogen (secondary N) is 1. The summed E-state index contributed by atoms with van der Waals surface area (Å²) in [5.41, 5.74) is 1.20. The molecule has 7 heteroatoms. The third-order valence-electron chi connectivity index (χ3n) is 3.08. The van der Waals surface area contributed by atoms with E-state index in [1.807, 2.05) is 13.8 Å². The van der Waals surface area contributed by atoms with Crippen LogP contribution in [0, 0.1) is 0 Å². The van der Waals surface area contributed by atoms with Crippen LogP contribution in [0.2, 0.25) is 0 Å². The van der Waals surface area contributed by atoms with Crippen molar-refractivity contribution in [3.8, 4) is 0 Å². The van der Waals surface area contributed by atoms with Crippen molar-refractivity contribution in [2.24, 2.45) is 0 Å². The number of aromatic nitrogens is 2. The first-order chi connectivity index (χ1) is 10.1. The highest BCUT2D eigenvalue weighted by atomic mass is 32.1. The topological polar surface area (TPSA) is 84.2 Å². The highest BCUT2D eigenvalue weighted by molar-refractivity contribution is 7.10. The number of aliphatic carboxylic acids is 1. The number of amides is 1. The first-order valence-electron chi connectivity index (χ1n) is 6.70. The van der Waals surface area contributed by atoms with Crippen LogP contribution in [0.5, 0.6) is 0 Å². The Morgan fingerprint density at radius 2 is 2.24 bits per heavy atom. The van der Waals surface area contributed by atoms with E-state index in [-0.39, 0.29) is 0 Å². The summed E-state index contributed by atoms with van der Waals surface area (Å²) in [7, 11) is 0. The van der Waals surface area contributed by atoms with Crippen LogP contribution < -0.4 is 5.32 Å². The van der Waals surface area contributed by atoms with Gasteiger partial charge in [0.1, 0.15) is 5.69 Å². The van der Waals surface area contributed by atoms with E-state index in [1.165, 1.54) is 11.3 Å². The van der Waals surface area contributed by atoms with Gasteiger partial charge in [-0.25, -0.2) is 4.79 Å². The SMILES string of the molecule is CCc1cc(C(=O)NC(C(=O)O)c2cccs2)n(CC)n1. The van der Waals surface area contributed by atoms with Crippen molar-refractivity contribution in [2.75, 3.05) is 0 Å². The molecule has 0 aromatic carbocycles. The Morgan fingerprint density at radius 3 is 2.76 bits per heavy atom. The van der Waals surface area contributed by atoms with E-state index in [4.69, 9.17) is 0 Å². The maximum absolute atomic E-state index is 12.3. The second kappa shape index (κ2) is 6.53. The van der Waals surface area contributed by atoms with Crippen LogP contribution >= 0.6 is 11.3 Å². The molecule has 1 unspecified atom stereocenters. The molecule has 0 radical (unpaired) electrons. The lowest BCUT2D eigenvalue weighted by Crippen LogP contribution is -2.34. The standard InChI is InChI=1S/C14H17N3O3S/c1-3-9-8-10(17(4-2)16-9)13(18)15-12(14(19)20)11-6-5-7-21-11/h5-8,12H,3-4H2,1-2H3,(H,15,18)(H,19,20). The van der Waals surface area contributed by atoms with Crippen LogP contribution in [0.15, 0.2) is 23.6 Å². The molecule has 0 bridgehead atoms. The molecule has 2 rings (SSSR count). The van der Waals surface area contributed by atoms with E-state index in [1.54, 1.807) is 28.3 Å². The zero-order valence-electron chi connectivity index (χ0n) is 11.9. The maximum Gasteiger partial charge on any atom is 0.331 e. The maximum atomic E-state index is 12.3. The zero-order chi connectivity index (χ0) is 15.4. The van der Waals surface area contributed by atoms with Crippen molar-refractivity contribution in [1.29, 1.82) is 0 Å². The van der Waals surface area contributed by atoms with E-state index in [9.17, 15) is 14.7 Å². The van der Waals surface area contributed by atoms with Crippen LogP contribution in [0.3, 0.4) is 0 Å². The Kier molecular flexibility index (Phi) is 4.74. The lowest BCUT2D eigenvalue weighted by molar-refractivity contribution is -0.139. The van der Waals surface area contributed by atoms with Crippen LogP contribution in [0.4, 0.5) is 0 Å². The van der Waals surface area contributed by atoms with Gasteiger partial charge in [-0.3, -0.25) is 9.48 Å². The van der Waals surface area contributed by atoms with Crippen molar-refractivity contribution in [3.05, 3.63) is 39.8 Å². The zero-order valence-corrected chi connectivity index (χ0v) is 12.7. The first-order valence-corrected chi connectivity index (χ1v) is 7.58. The number of hydrogen-bond donors (Lipinski definition) is 2. The second-order valence-corrected chi connectivity index (χ2v) is 5.43. The van der Waals surface area contributed by atoms with Crippen LogP contribution in [0.1, 0.15) is 40.9 Å². The van der Waals surface area contributed by atoms with Crippen molar-refractivity contribution in [2.45, 2.75) is 32.9 Å². The van der Waals surface area contributed by atoms with Crippen molar-refractivity contribution >= 4 is 23.2 Å². The number of thiophene rings is 1. The fourth-order valence-electron chi connectivity index (χ4n) is 1.98. The summed E-state index contributed by atoms with van der Waals surface area (Å²) in [6.07, 6.45) is 0.723. The lowest BCUT2D eigenvalue weighted by Gasteiger charge is -2.13. The van der Waals surface area contributed by atoms with Gasteiger partial charge in [-0.05, 0) is 30.9 Å². The van der Waals surface area contributed by atoms with Crippen molar-refractivity contribution in [3.63, 3.8) is 0 Å². The molecule has 0 saturated carbocycles. The number of nitrogens with zero attached hydrogens (tertiary/aromatic N) is 2. The average molecular weight is 307 g/mol. The Labute approximate surface area is 126 Å². The molecule has 2 heterocycles. The number of carboxylic acids is 1. The number of aryl methyl sites for hydroxylation is 2. The molecule has 2 aromatic heterocycles. The molecule has 1 amide bonds. The fourth-order valence-corrected chi connectivity index (χ4v) is 2.75. The van der Waals surface area contributed by atoms with Gasteiger partial charge < -0.3 is 10.4 Å². The fraction of sp³-hybridized carbons (Fsp3) is 0.357. The third kappa shape index (κ3) is 3.30. The molecule has 0 saturated heterocycles. The predicted octanol–water partition coefficient (Wildman–Crippen LogP) is 2.08. The van der Waals surface area contributed by atoms with Gasteiger partial charge in [-0.15, -0.1) is 11.3 Å². The van der Waals surface area contributed by atoms with E-state index in [2.05, 4.69) is 10.4 Å². The van der Waals surface area contributed by atoms with Gasteiger partial charge in [0.05, 0.1) is 5.69 Å². The van der Waals surface area contributed by atoms with E-state index in [0.29, 0.717) is 17.1 Å². The number of rotatable bonds is 6. The van der Waals surface area contributed by atoms with Gasteiger partial charge in [-0.2, -0.15) is 5.10 Å². The normalized spacial score (nSPS) is 12.1. The average Bonchev–Trinajstić information content (AvgIpc) is 3.12. The van der Waals surface area contributed by atoms with Crippen LogP contribution in [0.25, 0.3) is 0 Å². The smallest absolute Gasteiger partial charge is 0.331 e. The molecule has 1 atom stereocenters. The molecule has 0 fully saturated rings. The van der Waals surface area contributed by atoms with Gasteiger partial charge in [0.25, 0.3) is 5.91 Å². The molecule has 6 nitrogen and oxygen atoms in total. The van der Waals surface area contributed by atoms with Crippen molar-refractivity contribution < 1.29 is 14.7 Å². The molecule has 112 valence electrons. The Hall–Kier alpha value is -2.15. The van der Waals surface area contributed by atoms with Crippen LogP contribution in [-0.2, 0) is 17.8 Å². The monoisotopic (exact) mass is 307 g/mol. The Balaban J connectivity index is 2.23. The van der Waals surface area contributed by atoms with Gasteiger partial charge in [-0.1, -0.05) is 13.0 Å². The quantitative estimate of drug-likeness (QED) is 0.856. The molecule has 0 aliphatic carbocycles. The summed E-state index contributed by atoms with van der Waals surface area (Å²) >= 11 is 1.30. The number of carboxylic acid groups (broad SMARTS) is 1. The van der Waals surface area contributed by atoms with E-state index in [0.717, 1.165) is 12.1 Å². The van der Waals surface area contributed by atoms with Gasteiger partial charge in [0.15, 0.2) is 6.04 Å². The van der Waals surface area contributed by atoms with E-state index >= 15 is 0 Å². The Bertz CT molecular complexity index is 634. The summed E-state index contributed by atoms with van der Waals surface area (Å²) in [6, 6.07) is 4.11. The minimum Gasteiger partial charge on any atom is -0.479 e. The molecule has 0 spiro atoms. The highest BCUT2D eigenvalue weighted by Crippen LogP contribution is 2.20. The number of hydrogen-bond acceptors (Lipinski definition) is 4. The minimum absolute atomic E-state index is 0.386. The number of carbonyl (C=O) groups excluding carboxylic acids is 1. The molecule has 0 aliphatic heterocycles. The molecule has 0 aliphatic rings. The van der Waals surface area contributed by atoms with Crippen LogP contribution in [-0.4, -0.2) is 26.8 Å². The highest BCUT2D eigenvalue weighted by Gasteiger charge is 2.25. The molecular weight excluding hydrogens is 290 g/mol. The number of carbonyl (C=O) groups is 2. The third-order valence-corrected chi connectivity index (χ3v) is 4.01. The summed E-state index contributed by atoms with van der Waals surface area (Å²) in [5, 5.41) is 17.9. The lowest BCUT2D eigenvalue weighted by atomic mass is 10.2.